The maximum absolute atomic E-state index is 12.5. The fraction of sp³-hybridized carbons (Fsp3) is 0.478. The molecule has 7 heteroatoms. The quantitative estimate of drug-likeness (QED) is 0.792. The molecule has 30 heavy (non-hydrogen) atoms. The molecule has 1 aromatic heterocycles. The number of carboxylic acids is 1. The van der Waals surface area contributed by atoms with Crippen LogP contribution in [-0.4, -0.2) is 35.0 Å². The number of pyridine rings is 1. The number of hydrogen-bond donors (Lipinski definition) is 1. The molecular weight excluding hydrogens is 384 g/mol. The number of benzene rings is 1. The van der Waals surface area contributed by atoms with Gasteiger partial charge in [0.05, 0.1) is 25.5 Å². The summed E-state index contributed by atoms with van der Waals surface area (Å²) in [5.74, 6) is 1.20. The van der Waals surface area contributed by atoms with Crippen LogP contribution < -0.4 is 19.9 Å². The molecule has 3 heterocycles. The fourth-order valence-electron chi connectivity index (χ4n) is 4.71. The predicted molar refractivity (Wildman–Crippen MR) is 110 cm³/mol. The van der Waals surface area contributed by atoms with Gasteiger partial charge < -0.3 is 19.6 Å². The molecule has 156 valence electrons. The lowest BCUT2D eigenvalue weighted by molar-refractivity contribution is 0.0694. The van der Waals surface area contributed by atoms with E-state index in [1.165, 1.54) is 25.1 Å². The summed E-state index contributed by atoms with van der Waals surface area (Å²) in [6, 6.07) is 3.91. The third-order valence-electron chi connectivity index (χ3n) is 6.60. The lowest BCUT2D eigenvalue weighted by Gasteiger charge is -2.36. The Bertz CT molecular complexity index is 1110. The van der Waals surface area contributed by atoms with Crippen LogP contribution in [-0.2, 0) is 13.0 Å². The van der Waals surface area contributed by atoms with Crippen LogP contribution in [0.15, 0.2) is 23.1 Å². The third kappa shape index (κ3) is 2.87. The van der Waals surface area contributed by atoms with E-state index >= 15 is 0 Å². The Morgan fingerprint density at radius 3 is 2.80 bits per heavy atom. The van der Waals surface area contributed by atoms with E-state index in [4.69, 9.17) is 9.47 Å². The number of aromatic nitrogens is 1. The van der Waals surface area contributed by atoms with Crippen LogP contribution in [0.4, 0.5) is 0 Å². The topological polar surface area (TPSA) is 81.0 Å². The molecule has 2 aromatic rings. The molecule has 2 saturated carbocycles. The van der Waals surface area contributed by atoms with Crippen LogP contribution in [0.5, 0.6) is 11.5 Å². The van der Waals surface area contributed by atoms with Crippen molar-refractivity contribution in [2.45, 2.75) is 51.1 Å². The van der Waals surface area contributed by atoms with E-state index in [1.807, 2.05) is 4.68 Å². The molecule has 2 aliphatic heterocycles. The van der Waals surface area contributed by atoms with Gasteiger partial charge in [0.2, 0.25) is 0 Å². The molecule has 1 N–H and O–H groups in total. The minimum Gasteiger partial charge on any atom is -0.490 e. The van der Waals surface area contributed by atoms with Crippen molar-refractivity contribution < 1.29 is 19.4 Å². The average molecular weight is 408 g/mol. The maximum atomic E-state index is 12.5. The van der Waals surface area contributed by atoms with Crippen LogP contribution in [0.2, 0.25) is 0 Å². The van der Waals surface area contributed by atoms with Gasteiger partial charge in [0.15, 0.2) is 16.9 Å². The van der Waals surface area contributed by atoms with Crippen molar-refractivity contribution in [3.05, 3.63) is 45.2 Å². The second-order valence-electron chi connectivity index (χ2n) is 8.81. The van der Waals surface area contributed by atoms with Gasteiger partial charge in [-0.1, -0.05) is 12.8 Å². The Labute approximate surface area is 173 Å². The molecule has 6 rings (SSSR count). The third-order valence-corrected chi connectivity index (χ3v) is 6.60. The van der Waals surface area contributed by atoms with Crippen molar-refractivity contribution in [1.82, 2.24) is 4.68 Å². The largest absolute Gasteiger partial charge is 0.490 e. The van der Waals surface area contributed by atoms with Gasteiger partial charge in [0.25, 0.3) is 0 Å². The van der Waals surface area contributed by atoms with Crippen LogP contribution >= 0.6 is 0 Å². The maximum Gasteiger partial charge on any atom is 0.341 e. The number of carboxylic acid groups (broad SMARTS) is 1. The number of rotatable bonds is 6. The number of hydrogen-bond acceptors (Lipinski definition) is 5. The second-order valence-corrected chi connectivity index (χ2v) is 8.81. The van der Waals surface area contributed by atoms with Gasteiger partial charge in [0.1, 0.15) is 5.56 Å². The van der Waals surface area contributed by atoms with Gasteiger partial charge in [-0.25, -0.2) is 4.79 Å². The minimum atomic E-state index is -1.19. The van der Waals surface area contributed by atoms with Gasteiger partial charge in [-0.2, -0.15) is 0 Å². The SMILES string of the molecule is O=C(O)c1cn2c(cc1=O)-c1c(cc(OCCC3CC3)c3c1CCO3)CN2C1CC1. The first-order chi connectivity index (χ1) is 14.6. The van der Waals surface area contributed by atoms with E-state index in [-0.39, 0.29) is 5.56 Å². The molecule has 0 spiro atoms. The van der Waals surface area contributed by atoms with Gasteiger partial charge in [-0.3, -0.25) is 9.47 Å². The molecule has 2 aliphatic carbocycles. The minimum absolute atomic E-state index is 0.194. The zero-order valence-corrected chi connectivity index (χ0v) is 16.7. The Kier molecular flexibility index (Phi) is 3.88. The smallest absolute Gasteiger partial charge is 0.341 e. The van der Waals surface area contributed by atoms with E-state index in [9.17, 15) is 14.7 Å². The molecule has 0 atom stereocenters. The number of nitrogens with zero attached hydrogens (tertiary/aromatic N) is 2. The molecular formula is C23H24N2O5. The van der Waals surface area contributed by atoms with Gasteiger partial charge in [-0.15, -0.1) is 0 Å². The van der Waals surface area contributed by atoms with Crippen LogP contribution in [0.25, 0.3) is 11.3 Å². The first-order valence-corrected chi connectivity index (χ1v) is 10.8. The monoisotopic (exact) mass is 408 g/mol. The van der Waals surface area contributed by atoms with Crippen molar-refractivity contribution in [1.29, 1.82) is 0 Å². The summed E-state index contributed by atoms with van der Waals surface area (Å²) < 4.78 is 14.0. The molecule has 4 aliphatic rings. The van der Waals surface area contributed by atoms with Gasteiger partial charge in [-0.05, 0) is 36.8 Å². The summed E-state index contributed by atoms with van der Waals surface area (Å²) in [6.07, 6.45) is 8.09. The second kappa shape index (κ2) is 6.52. The number of ether oxygens (including phenoxy) is 2. The molecule has 0 bridgehead atoms. The molecule has 7 nitrogen and oxygen atoms in total. The highest BCUT2D eigenvalue weighted by Gasteiger charge is 2.37. The molecule has 0 amide bonds. The van der Waals surface area contributed by atoms with Gasteiger partial charge >= 0.3 is 5.97 Å². The molecule has 0 saturated heterocycles. The van der Waals surface area contributed by atoms with Crippen LogP contribution in [0.1, 0.15) is 53.6 Å². The summed E-state index contributed by atoms with van der Waals surface area (Å²) >= 11 is 0. The van der Waals surface area contributed by atoms with E-state index in [0.29, 0.717) is 25.8 Å². The fourth-order valence-corrected chi connectivity index (χ4v) is 4.71. The number of fused-ring (bicyclic) bond motifs is 5. The average Bonchev–Trinajstić information content (AvgIpc) is 3.65. The van der Waals surface area contributed by atoms with Crippen molar-refractivity contribution in [3.63, 3.8) is 0 Å². The Morgan fingerprint density at radius 2 is 2.07 bits per heavy atom. The van der Waals surface area contributed by atoms with E-state index in [1.54, 1.807) is 0 Å². The summed E-state index contributed by atoms with van der Waals surface area (Å²) in [5.41, 5.74) is 3.29. The molecule has 1 aromatic carbocycles. The summed E-state index contributed by atoms with van der Waals surface area (Å²) in [5, 5.41) is 11.6. The normalized spacial score (nSPS) is 19.0. The van der Waals surface area contributed by atoms with E-state index in [2.05, 4.69) is 11.1 Å². The lowest BCUT2D eigenvalue weighted by atomic mass is 9.93. The lowest BCUT2D eigenvalue weighted by Crippen LogP contribution is -2.41. The first kappa shape index (κ1) is 17.9. The van der Waals surface area contributed by atoms with Crippen molar-refractivity contribution in [2.24, 2.45) is 5.92 Å². The Morgan fingerprint density at radius 1 is 1.23 bits per heavy atom. The van der Waals surface area contributed by atoms with E-state index in [0.717, 1.165) is 65.5 Å². The molecule has 0 radical (unpaired) electrons. The zero-order chi connectivity index (χ0) is 20.4. The highest BCUT2D eigenvalue weighted by molar-refractivity contribution is 5.88. The number of aromatic carboxylic acids is 1. The zero-order valence-electron chi connectivity index (χ0n) is 16.7. The van der Waals surface area contributed by atoms with Crippen molar-refractivity contribution >= 4 is 5.97 Å². The highest BCUT2D eigenvalue weighted by Crippen LogP contribution is 2.47. The highest BCUT2D eigenvalue weighted by atomic mass is 16.5. The summed E-state index contributed by atoms with van der Waals surface area (Å²) in [6.45, 7) is 1.96. The Hall–Kier alpha value is -2.96. The predicted octanol–water partition coefficient (Wildman–Crippen LogP) is 2.94. The van der Waals surface area contributed by atoms with Crippen LogP contribution in [0, 0.1) is 5.92 Å². The molecule has 0 unspecified atom stereocenters. The molecule has 2 fully saturated rings. The first-order valence-electron chi connectivity index (χ1n) is 10.8. The number of carbonyl (C=O) groups is 1. The van der Waals surface area contributed by atoms with Crippen molar-refractivity contribution in [3.8, 4) is 22.8 Å². The van der Waals surface area contributed by atoms with Crippen LogP contribution in [0.3, 0.4) is 0 Å². The Balaban J connectivity index is 1.48. The van der Waals surface area contributed by atoms with Crippen molar-refractivity contribution in [2.75, 3.05) is 18.2 Å². The standard InChI is InChI=1S/C23H24N2O5/c26-19-10-18-21-14(11-24(15-3-4-15)25(18)12-17(19)23(27)28)9-20(22-16(21)6-8-30-22)29-7-5-13-1-2-13/h9-10,12-13,15H,1-8,11H2,(H,27,28). The summed E-state index contributed by atoms with van der Waals surface area (Å²) in [4.78, 5) is 24.1. The summed E-state index contributed by atoms with van der Waals surface area (Å²) in [7, 11) is 0. The van der Waals surface area contributed by atoms with E-state index < -0.39 is 11.4 Å². The van der Waals surface area contributed by atoms with Gasteiger partial charge in [0, 0.05) is 35.9 Å².